The van der Waals surface area contributed by atoms with Crippen LogP contribution < -0.4 is 54.8 Å². The average Bonchev–Trinajstić information content (AvgIpc) is 3.05. The maximum Gasteiger partial charge on any atom is 0.323 e. The molecule has 0 aliphatic carbocycles. The van der Waals surface area contributed by atoms with E-state index in [2.05, 4.69) is 73.4 Å². The zero-order chi connectivity index (χ0) is 40.5. The van der Waals surface area contributed by atoms with Crippen LogP contribution in [0.25, 0.3) is 0 Å². The first kappa shape index (κ1) is 46.0. The van der Waals surface area contributed by atoms with E-state index in [4.69, 9.17) is 33.8 Å². The number of amides is 4. The van der Waals surface area contributed by atoms with Crippen molar-refractivity contribution in [2.24, 2.45) is 22.9 Å². The topological polar surface area (TPSA) is 275 Å². The Hall–Kier alpha value is -4.19. The zero-order valence-corrected chi connectivity index (χ0v) is 34.3. The fraction of sp³-hybridized carbons (Fsp3) is 0.541. The summed E-state index contributed by atoms with van der Waals surface area (Å²) in [4.78, 5) is 41.6. The van der Waals surface area contributed by atoms with Gasteiger partial charge in [0.15, 0.2) is 11.9 Å². The summed E-state index contributed by atoms with van der Waals surface area (Å²) in [6.45, 7) is 14.1. The van der Waals surface area contributed by atoms with Gasteiger partial charge in [0.2, 0.25) is 11.8 Å². The van der Waals surface area contributed by atoms with E-state index in [0.29, 0.717) is 95.9 Å². The third kappa shape index (κ3) is 16.4. The van der Waals surface area contributed by atoms with Gasteiger partial charge in [0.25, 0.3) is 0 Å². The molecule has 15 nitrogen and oxygen atoms in total. The normalized spacial score (nSPS) is 11.4. The molecule has 2 aromatic rings. The summed E-state index contributed by atoms with van der Waals surface area (Å²) in [5, 5.41) is 32.4. The maximum atomic E-state index is 14.0. The van der Waals surface area contributed by atoms with Crippen LogP contribution in [0.15, 0.2) is 34.1 Å². The number of nitrogens with two attached hydrogens (primary N) is 4. The van der Waals surface area contributed by atoms with Crippen LogP contribution in [0.3, 0.4) is 0 Å². The number of carbonyl (C=O) groups is 3. The van der Waals surface area contributed by atoms with Crippen molar-refractivity contribution in [1.82, 2.24) is 10.6 Å². The van der Waals surface area contributed by atoms with E-state index in [1.807, 2.05) is 24.3 Å². The van der Waals surface area contributed by atoms with E-state index in [-0.39, 0.29) is 47.4 Å². The van der Waals surface area contributed by atoms with Crippen LogP contribution in [0.2, 0.25) is 0 Å². The van der Waals surface area contributed by atoms with Crippen LogP contribution in [0.5, 0.6) is 0 Å². The number of urea groups is 1. The fourth-order valence-electron chi connectivity index (χ4n) is 5.10. The van der Waals surface area contributed by atoms with Gasteiger partial charge in [-0.3, -0.25) is 20.4 Å². The van der Waals surface area contributed by atoms with Gasteiger partial charge in [0.1, 0.15) is 0 Å². The molecule has 0 heterocycles. The zero-order valence-electron chi connectivity index (χ0n) is 32.6. The molecule has 2 rings (SSSR count). The van der Waals surface area contributed by atoms with Crippen molar-refractivity contribution >= 4 is 76.0 Å². The molecular weight excluding hydrogens is 725 g/mol. The molecule has 0 bridgehead atoms. The Morgan fingerprint density at radius 2 is 0.926 bits per heavy atom. The smallest absolute Gasteiger partial charge is 0.323 e. The van der Waals surface area contributed by atoms with Crippen LogP contribution in [-0.2, 0) is 20.4 Å². The predicted octanol–water partition coefficient (Wildman–Crippen LogP) is 5.21. The van der Waals surface area contributed by atoms with Crippen molar-refractivity contribution in [3.8, 4) is 0 Å². The second-order valence-electron chi connectivity index (χ2n) is 14.8. The number of guanidine groups is 2. The van der Waals surface area contributed by atoms with E-state index >= 15 is 0 Å². The maximum absolute atomic E-state index is 14.0. The van der Waals surface area contributed by atoms with Crippen molar-refractivity contribution in [3.63, 3.8) is 0 Å². The molecule has 16 N–H and O–H groups in total. The molecule has 0 radical (unpaired) electrons. The molecule has 0 spiro atoms. The van der Waals surface area contributed by atoms with Crippen LogP contribution in [0.4, 0.5) is 27.5 Å². The Balaban J connectivity index is 2.49. The Morgan fingerprint density at radius 3 is 1.22 bits per heavy atom. The fourth-order valence-corrected chi connectivity index (χ4v) is 6.80. The van der Waals surface area contributed by atoms with Crippen molar-refractivity contribution in [1.29, 1.82) is 10.8 Å². The lowest BCUT2D eigenvalue weighted by atomic mass is 9.86. The molecular formula is C37H62N12O3S2. The van der Waals surface area contributed by atoms with E-state index in [9.17, 15) is 14.4 Å². The van der Waals surface area contributed by atoms with Crippen LogP contribution in [-0.4, -0.2) is 67.4 Å². The number of hydrogen-bond acceptors (Lipinski definition) is 9. The number of unbranched alkanes of at least 4 members (excludes halogenated alkanes) is 2. The van der Waals surface area contributed by atoms with Gasteiger partial charge in [-0.15, -0.1) is 23.5 Å². The lowest BCUT2D eigenvalue weighted by Crippen LogP contribution is -2.31. The van der Waals surface area contributed by atoms with Crippen LogP contribution in [0, 0.1) is 10.8 Å². The van der Waals surface area contributed by atoms with Crippen molar-refractivity contribution < 1.29 is 14.4 Å². The summed E-state index contributed by atoms with van der Waals surface area (Å²) >= 11 is 2.89. The highest BCUT2D eigenvalue weighted by Gasteiger charge is 2.24. The summed E-state index contributed by atoms with van der Waals surface area (Å²) in [6, 6.07) is 7.24. The third-order valence-electron chi connectivity index (χ3n) is 7.98. The largest absolute Gasteiger partial charge is 0.370 e. The first-order valence-corrected chi connectivity index (χ1v) is 20.2. The van der Waals surface area contributed by atoms with Crippen molar-refractivity contribution in [2.75, 3.05) is 59.0 Å². The second kappa shape index (κ2) is 22.3. The van der Waals surface area contributed by atoms with Crippen molar-refractivity contribution in [2.45, 2.75) is 101 Å². The second-order valence-corrected chi connectivity index (χ2v) is 17.1. The third-order valence-corrected chi connectivity index (χ3v) is 10.3. The average molecular weight is 787 g/mol. The minimum absolute atomic E-state index is 0.105. The van der Waals surface area contributed by atoms with E-state index < -0.39 is 6.03 Å². The minimum atomic E-state index is -0.498. The highest BCUT2D eigenvalue weighted by molar-refractivity contribution is 7.99. The van der Waals surface area contributed by atoms with Gasteiger partial charge in [-0.1, -0.05) is 41.5 Å². The van der Waals surface area contributed by atoms with Gasteiger partial charge >= 0.3 is 6.03 Å². The summed E-state index contributed by atoms with van der Waals surface area (Å²) in [5.74, 6) is 0.551. The quantitative estimate of drug-likeness (QED) is 0.0358. The van der Waals surface area contributed by atoms with Crippen molar-refractivity contribution in [3.05, 3.63) is 35.4 Å². The Kier molecular flexibility index (Phi) is 18.9. The molecule has 0 aromatic heterocycles. The molecule has 4 amide bonds. The number of rotatable bonds is 20. The van der Waals surface area contributed by atoms with Crippen LogP contribution in [0.1, 0.15) is 91.2 Å². The van der Waals surface area contributed by atoms with Gasteiger partial charge in [-0.2, -0.15) is 0 Å². The molecule has 17 heteroatoms. The van der Waals surface area contributed by atoms with Gasteiger partial charge < -0.3 is 54.8 Å². The first-order chi connectivity index (χ1) is 25.3. The molecule has 0 saturated heterocycles. The van der Waals surface area contributed by atoms with Gasteiger partial charge in [-0.05, 0) is 71.9 Å². The minimum Gasteiger partial charge on any atom is -0.370 e. The number of nitrogens with one attached hydrogen (secondary N) is 8. The molecule has 300 valence electrons. The Bertz CT molecular complexity index is 1490. The summed E-state index contributed by atoms with van der Waals surface area (Å²) in [6.07, 6.45) is 3.08. The SMILES string of the molecule is CC(C)(C)c1cc(NC(=O)CCCCNC(=N)N)c(SCCN)c(NC(=O)Nc2cc(C(C)(C)C)cc(NC(=O)CCCCNC(=N)N)c2SCCN)c1. The first-order valence-electron chi connectivity index (χ1n) is 18.2. The number of anilines is 4. The Morgan fingerprint density at radius 1 is 0.593 bits per heavy atom. The highest BCUT2D eigenvalue weighted by atomic mass is 32.2. The van der Waals surface area contributed by atoms with E-state index in [0.717, 1.165) is 11.1 Å². The molecule has 0 unspecified atom stereocenters. The van der Waals surface area contributed by atoms with Crippen LogP contribution >= 0.6 is 23.5 Å². The number of carbonyl (C=O) groups excluding carboxylic acids is 3. The highest BCUT2D eigenvalue weighted by Crippen LogP contribution is 2.41. The monoisotopic (exact) mass is 786 g/mol. The van der Waals surface area contributed by atoms with Gasteiger partial charge in [-0.25, -0.2) is 4.79 Å². The summed E-state index contributed by atoms with van der Waals surface area (Å²) in [7, 11) is 0. The lowest BCUT2D eigenvalue weighted by Gasteiger charge is -2.26. The summed E-state index contributed by atoms with van der Waals surface area (Å²) in [5.41, 5.74) is 25.9. The molecule has 0 saturated carbocycles. The Labute approximate surface area is 328 Å². The molecule has 0 aliphatic heterocycles. The lowest BCUT2D eigenvalue weighted by molar-refractivity contribution is -0.117. The van der Waals surface area contributed by atoms with E-state index in [1.165, 1.54) is 23.5 Å². The number of thioether (sulfide) groups is 2. The molecule has 54 heavy (non-hydrogen) atoms. The summed E-state index contributed by atoms with van der Waals surface area (Å²) < 4.78 is 0. The molecule has 2 aromatic carbocycles. The standard InChI is InChI=1S/C37H62N12O3S2/c1-36(2,3)23-19-25(46-29(50)11-7-9-15-44-33(40)41)31(53-17-13-38)27(21-23)48-35(52)49-28-22-24(37(4,5)6)20-26(32(28)54-18-14-39)47-30(51)12-8-10-16-45-34(42)43/h19-22H,7-18,38-39H2,1-6H3,(H,46,50)(H,47,51)(H4,40,41,44)(H4,42,43,45)(H2,48,49,52). The number of hydrogen-bond donors (Lipinski definition) is 12. The number of benzene rings is 2. The van der Waals surface area contributed by atoms with Gasteiger partial charge in [0, 0.05) is 50.5 Å². The van der Waals surface area contributed by atoms with E-state index in [1.54, 1.807) is 0 Å². The van der Waals surface area contributed by atoms with Gasteiger partial charge in [0.05, 0.1) is 32.5 Å². The molecule has 0 aliphatic rings. The molecule has 0 atom stereocenters. The predicted molar refractivity (Wildman–Crippen MR) is 227 cm³/mol. The molecule has 0 fully saturated rings.